The number of pyridine rings is 1. The summed E-state index contributed by atoms with van der Waals surface area (Å²) >= 11 is 8.78. The Morgan fingerprint density at radius 1 is 1.20 bits per heavy atom. The largest absolute Gasteiger partial charge is 0.417 e. The highest BCUT2D eigenvalue weighted by atomic mass is 79.9. The van der Waals surface area contributed by atoms with Crippen LogP contribution in [0.2, 0.25) is 5.02 Å². The maximum absolute atomic E-state index is 12.7. The smallest absolute Gasteiger partial charge is 0.379 e. The molecule has 0 bridgehead atoms. The van der Waals surface area contributed by atoms with Gasteiger partial charge in [-0.1, -0.05) is 17.7 Å². The van der Waals surface area contributed by atoms with E-state index in [0.29, 0.717) is 22.5 Å². The molecular weight excluding hydrogens is 357 g/mol. The molecule has 1 N–H and O–H groups in total. The van der Waals surface area contributed by atoms with Gasteiger partial charge in [-0.15, -0.1) is 0 Å². The predicted octanol–water partition coefficient (Wildman–Crippen LogP) is 5.13. The lowest BCUT2D eigenvalue weighted by atomic mass is 10.2. The lowest BCUT2D eigenvalue weighted by Crippen LogP contribution is -2.08. The summed E-state index contributed by atoms with van der Waals surface area (Å²) in [6.45, 7) is 0.318. The monoisotopic (exact) mass is 364 g/mol. The molecule has 20 heavy (non-hydrogen) atoms. The molecule has 1 heterocycles. The lowest BCUT2D eigenvalue weighted by molar-refractivity contribution is -0.137. The first-order chi connectivity index (χ1) is 9.36. The highest BCUT2D eigenvalue weighted by Crippen LogP contribution is 2.36. The fourth-order valence-corrected chi connectivity index (χ4v) is 2.20. The van der Waals surface area contributed by atoms with Crippen LogP contribution >= 0.6 is 27.5 Å². The molecule has 106 valence electrons. The van der Waals surface area contributed by atoms with Gasteiger partial charge in [0, 0.05) is 5.69 Å². The molecule has 0 fully saturated rings. The molecule has 7 heteroatoms. The van der Waals surface area contributed by atoms with Gasteiger partial charge in [-0.05, 0) is 46.3 Å². The van der Waals surface area contributed by atoms with E-state index in [4.69, 9.17) is 11.6 Å². The van der Waals surface area contributed by atoms with Crippen molar-refractivity contribution < 1.29 is 13.2 Å². The zero-order chi connectivity index (χ0) is 14.8. The molecule has 0 aliphatic carbocycles. The molecular formula is C13H9BrClF3N2. The van der Waals surface area contributed by atoms with E-state index in [1.807, 2.05) is 0 Å². The Labute approximate surface area is 127 Å². The summed E-state index contributed by atoms with van der Waals surface area (Å²) in [5, 5.41) is 2.57. The van der Waals surface area contributed by atoms with E-state index >= 15 is 0 Å². The van der Waals surface area contributed by atoms with Crippen LogP contribution in [0.3, 0.4) is 0 Å². The predicted molar refractivity (Wildman–Crippen MR) is 75.7 cm³/mol. The van der Waals surface area contributed by atoms with E-state index in [9.17, 15) is 13.2 Å². The van der Waals surface area contributed by atoms with Crippen molar-refractivity contribution in [2.45, 2.75) is 12.7 Å². The van der Waals surface area contributed by atoms with Gasteiger partial charge in [-0.25, -0.2) is 4.98 Å². The Balaban J connectivity index is 2.14. The van der Waals surface area contributed by atoms with Gasteiger partial charge in [0.15, 0.2) is 0 Å². The molecule has 0 aliphatic rings. The van der Waals surface area contributed by atoms with E-state index in [2.05, 4.69) is 26.2 Å². The van der Waals surface area contributed by atoms with Gasteiger partial charge in [0.25, 0.3) is 0 Å². The minimum absolute atomic E-state index is 0.316. The number of hydrogen-bond donors (Lipinski definition) is 1. The second kappa shape index (κ2) is 6.01. The van der Waals surface area contributed by atoms with Crippen molar-refractivity contribution >= 4 is 33.2 Å². The molecule has 2 nitrogen and oxygen atoms in total. The minimum Gasteiger partial charge on any atom is -0.379 e. The minimum atomic E-state index is -4.47. The summed E-state index contributed by atoms with van der Waals surface area (Å²) in [5.41, 5.74) is 0.192. The SMILES string of the molecule is FC(F)(F)c1cc(NCc2cccc(Br)n2)ccc1Cl. The first-order valence-electron chi connectivity index (χ1n) is 5.58. The van der Waals surface area contributed by atoms with E-state index in [1.165, 1.54) is 12.1 Å². The molecule has 1 aromatic heterocycles. The third-order valence-electron chi connectivity index (χ3n) is 2.52. The van der Waals surface area contributed by atoms with Crippen LogP contribution in [0, 0.1) is 0 Å². The van der Waals surface area contributed by atoms with Crippen molar-refractivity contribution in [2.75, 3.05) is 5.32 Å². The molecule has 2 rings (SSSR count). The molecule has 0 atom stereocenters. The topological polar surface area (TPSA) is 24.9 Å². The summed E-state index contributed by atoms with van der Waals surface area (Å²) in [6.07, 6.45) is -4.47. The van der Waals surface area contributed by atoms with E-state index in [0.717, 1.165) is 6.07 Å². The average molecular weight is 366 g/mol. The fraction of sp³-hybridized carbons (Fsp3) is 0.154. The van der Waals surface area contributed by atoms with Crippen LogP contribution in [0.4, 0.5) is 18.9 Å². The number of alkyl halides is 3. The molecule has 0 aliphatic heterocycles. The third kappa shape index (κ3) is 3.86. The maximum atomic E-state index is 12.7. The van der Waals surface area contributed by atoms with Crippen molar-refractivity contribution in [3.8, 4) is 0 Å². The van der Waals surface area contributed by atoms with Gasteiger partial charge in [-0.2, -0.15) is 13.2 Å². The van der Waals surface area contributed by atoms with Crippen molar-refractivity contribution in [3.05, 3.63) is 57.3 Å². The van der Waals surface area contributed by atoms with Gasteiger partial charge in [-0.3, -0.25) is 0 Å². The van der Waals surface area contributed by atoms with Gasteiger partial charge in [0.2, 0.25) is 0 Å². The normalized spacial score (nSPS) is 11.4. The summed E-state index contributed by atoms with van der Waals surface area (Å²) in [5.74, 6) is 0. The standard InChI is InChI=1S/C13H9BrClF3N2/c14-12-3-1-2-9(20-12)7-19-8-4-5-11(15)10(6-8)13(16,17)18/h1-6,19H,7H2. The van der Waals surface area contributed by atoms with Crippen LogP contribution in [-0.4, -0.2) is 4.98 Å². The Hall–Kier alpha value is -1.27. The third-order valence-corrected chi connectivity index (χ3v) is 3.29. The second-order valence-electron chi connectivity index (χ2n) is 4.00. The van der Waals surface area contributed by atoms with Gasteiger partial charge in [0.1, 0.15) is 4.60 Å². The number of aromatic nitrogens is 1. The Morgan fingerprint density at radius 2 is 1.95 bits per heavy atom. The summed E-state index contributed by atoms with van der Waals surface area (Å²) in [4.78, 5) is 4.18. The van der Waals surface area contributed by atoms with Crippen LogP contribution in [0.15, 0.2) is 41.0 Å². The number of rotatable bonds is 3. The number of nitrogens with zero attached hydrogens (tertiary/aromatic N) is 1. The molecule has 2 aromatic rings. The highest BCUT2D eigenvalue weighted by molar-refractivity contribution is 9.10. The lowest BCUT2D eigenvalue weighted by Gasteiger charge is -2.12. The summed E-state index contributed by atoms with van der Waals surface area (Å²) in [6, 6.07) is 9.06. The highest BCUT2D eigenvalue weighted by Gasteiger charge is 2.33. The molecule has 1 aromatic carbocycles. The van der Waals surface area contributed by atoms with Crippen LogP contribution in [-0.2, 0) is 12.7 Å². The zero-order valence-corrected chi connectivity index (χ0v) is 12.4. The van der Waals surface area contributed by atoms with E-state index < -0.39 is 11.7 Å². The van der Waals surface area contributed by atoms with Crippen LogP contribution in [0.1, 0.15) is 11.3 Å². The number of hydrogen-bond acceptors (Lipinski definition) is 2. The molecule has 0 saturated heterocycles. The fourth-order valence-electron chi connectivity index (χ4n) is 1.59. The second-order valence-corrected chi connectivity index (χ2v) is 5.22. The molecule has 0 radical (unpaired) electrons. The van der Waals surface area contributed by atoms with Gasteiger partial charge < -0.3 is 5.32 Å². The van der Waals surface area contributed by atoms with Gasteiger partial charge >= 0.3 is 6.18 Å². The van der Waals surface area contributed by atoms with Crippen molar-refractivity contribution in [1.82, 2.24) is 4.98 Å². The Morgan fingerprint density at radius 3 is 2.60 bits per heavy atom. The quantitative estimate of drug-likeness (QED) is 0.763. The molecule has 0 spiro atoms. The number of halogens is 5. The van der Waals surface area contributed by atoms with Crippen LogP contribution in [0.25, 0.3) is 0 Å². The zero-order valence-electron chi connectivity index (χ0n) is 10.0. The molecule has 0 amide bonds. The number of anilines is 1. The first-order valence-corrected chi connectivity index (χ1v) is 6.75. The van der Waals surface area contributed by atoms with Crippen molar-refractivity contribution in [2.24, 2.45) is 0 Å². The van der Waals surface area contributed by atoms with Gasteiger partial charge in [0.05, 0.1) is 22.8 Å². The number of nitrogens with one attached hydrogen (secondary N) is 1. The summed E-state index contributed by atoms with van der Waals surface area (Å²) < 4.78 is 38.8. The number of benzene rings is 1. The van der Waals surface area contributed by atoms with Crippen molar-refractivity contribution in [3.63, 3.8) is 0 Å². The Bertz CT molecular complexity index is 617. The van der Waals surface area contributed by atoms with E-state index in [1.54, 1.807) is 18.2 Å². The molecule has 0 saturated carbocycles. The van der Waals surface area contributed by atoms with Crippen LogP contribution in [0.5, 0.6) is 0 Å². The Kier molecular flexibility index (Phi) is 4.55. The first kappa shape index (κ1) is 15.1. The van der Waals surface area contributed by atoms with E-state index in [-0.39, 0.29) is 5.02 Å². The molecule has 0 unspecified atom stereocenters. The van der Waals surface area contributed by atoms with Crippen molar-refractivity contribution in [1.29, 1.82) is 0 Å². The van der Waals surface area contributed by atoms with Crippen LogP contribution < -0.4 is 5.32 Å². The summed E-state index contributed by atoms with van der Waals surface area (Å²) in [7, 11) is 0. The maximum Gasteiger partial charge on any atom is 0.417 e. The average Bonchev–Trinajstić information content (AvgIpc) is 2.36.